The van der Waals surface area contributed by atoms with Crippen molar-refractivity contribution in [1.82, 2.24) is 19.1 Å². The van der Waals surface area contributed by atoms with Crippen LogP contribution in [0.5, 0.6) is 0 Å². The molecule has 7 nitrogen and oxygen atoms in total. The lowest BCUT2D eigenvalue weighted by Gasteiger charge is -2.35. The molecule has 0 amide bonds. The predicted octanol–water partition coefficient (Wildman–Crippen LogP) is 1.34. The van der Waals surface area contributed by atoms with Gasteiger partial charge >= 0.3 is 0 Å². The Bertz CT molecular complexity index is 888. The Balaban J connectivity index is 1.35. The minimum Gasteiger partial charge on any atom is -0.354 e. The van der Waals surface area contributed by atoms with Gasteiger partial charge in [0.05, 0.1) is 0 Å². The highest BCUT2D eigenvalue weighted by Gasteiger charge is 2.28. The van der Waals surface area contributed by atoms with Crippen LogP contribution in [-0.4, -0.2) is 86.9 Å². The Morgan fingerprint density at radius 2 is 1.55 bits per heavy atom. The molecule has 1 aromatic heterocycles. The molecule has 0 saturated carbocycles. The Labute approximate surface area is 173 Å². The van der Waals surface area contributed by atoms with Gasteiger partial charge in [0.15, 0.2) is 0 Å². The molecule has 0 unspecified atom stereocenters. The minimum atomic E-state index is -3.46. The minimum absolute atomic E-state index is 0.286. The van der Waals surface area contributed by atoms with Gasteiger partial charge in [-0.25, -0.2) is 13.4 Å². The van der Waals surface area contributed by atoms with Crippen molar-refractivity contribution in [2.45, 2.75) is 11.4 Å². The SMILES string of the molecule is CN1CCN(S(=O)(=O)c2ccc(N3CCN(Cc4ccccc4)CC3)nc2)CC1. The van der Waals surface area contributed by atoms with E-state index in [1.165, 1.54) is 11.8 Å². The summed E-state index contributed by atoms with van der Waals surface area (Å²) in [7, 11) is -1.45. The summed E-state index contributed by atoms with van der Waals surface area (Å²) >= 11 is 0. The molecular weight excluding hydrogens is 386 g/mol. The quantitative estimate of drug-likeness (QED) is 0.735. The molecule has 3 heterocycles. The summed E-state index contributed by atoms with van der Waals surface area (Å²) in [6.07, 6.45) is 1.51. The Hall–Kier alpha value is -2.00. The normalized spacial score (nSPS) is 20.1. The van der Waals surface area contributed by atoms with Crippen molar-refractivity contribution in [3.8, 4) is 0 Å². The first-order valence-corrected chi connectivity index (χ1v) is 11.6. The molecule has 2 aliphatic heterocycles. The maximum absolute atomic E-state index is 12.8. The summed E-state index contributed by atoms with van der Waals surface area (Å²) in [6, 6.07) is 14.1. The molecule has 29 heavy (non-hydrogen) atoms. The second-order valence-corrected chi connectivity index (χ2v) is 9.75. The van der Waals surface area contributed by atoms with Crippen molar-refractivity contribution in [2.24, 2.45) is 0 Å². The molecule has 4 rings (SSSR count). The van der Waals surface area contributed by atoms with Crippen LogP contribution in [0.3, 0.4) is 0 Å². The summed E-state index contributed by atoms with van der Waals surface area (Å²) < 4.78 is 27.3. The van der Waals surface area contributed by atoms with Gasteiger partial charge in [0, 0.05) is 65.1 Å². The van der Waals surface area contributed by atoms with E-state index in [0.29, 0.717) is 13.1 Å². The molecule has 0 N–H and O–H groups in total. The van der Waals surface area contributed by atoms with Gasteiger partial charge in [0.1, 0.15) is 10.7 Å². The van der Waals surface area contributed by atoms with Crippen LogP contribution in [0.15, 0.2) is 53.6 Å². The fourth-order valence-electron chi connectivity index (χ4n) is 3.87. The Kier molecular flexibility index (Phi) is 6.15. The van der Waals surface area contributed by atoms with E-state index in [2.05, 4.69) is 43.9 Å². The van der Waals surface area contributed by atoms with Gasteiger partial charge in [-0.1, -0.05) is 30.3 Å². The second kappa shape index (κ2) is 8.79. The van der Waals surface area contributed by atoms with Crippen molar-refractivity contribution in [2.75, 3.05) is 64.3 Å². The summed E-state index contributed by atoms with van der Waals surface area (Å²) in [6.45, 7) is 7.28. The molecule has 2 aromatic rings. The molecule has 0 atom stereocenters. The topological polar surface area (TPSA) is 60.0 Å². The lowest BCUT2D eigenvalue weighted by molar-refractivity contribution is 0.222. The van der Waals surface area contributed by atoms with E-state index in [4.69, 9.17) is 0 Å². The standard InChI is InChI=1S/C21H29N5O2S/c1-23-9-15-26(16-10-23)29(27,28)20-7-8-21(22-17-20)25-13-11-24(12-14-25)18-19-5-3-2-4-6-19/h2-8,17H,9-16,18H2,1H3. The van der Waals surface area contributed by atoms with Crippen molar-refractivity contribution in [3.63, 3.8) is 0 Å². The molecule has 0 bridgehead atoms. The monoisotopic (exact) mass is 415 g/mol. The summed E-state index contributed by atoms with van der Waals surface area (Å²) in [5.41, 5.74) is 1.33. The molecule has 0 aliphatic carbocycles. The molecule has 2 fully saturated rings. The average molecular weight is 416 g/mol. The summed E-state index contributed by atoms with van der Waals surface area (Å²) in [5.74, 6) is 0.849. The third kappa shape index (κ3) is 4.78. The second-order valence-electron chi connectivity index (χ2n) is 7.81. The zero-order valence-corrected chi connectivity index (χ0v) is 17.8. The third-order valence-electron chi connectivity index (χ3n) is 5.77. The lowest BCUT2D eigenvalue weighted by atomic mass is 10.2. The number of rotatable bonds is 5. The number of likely N-dealkylation sites (N-methyl/N-ethyl adjacent to an activating group) is 1. The largest absolute Gasteiger partial charge is 0.354 e. The van der Waals surface area contributed by atoms with Gasteiger partial charge in [0.25, 0.3) is 0 Å². The Morgan fingerprint density at radius 1 is 0.862 bits per heavy atom. The summed E-state index contributed by atoms with van der Waals surface area (Å²) in [5, 5.41) is 0. The maximum Gasteiger partial charge on any atom is 0.244 e. The van der Waals surface area contributed by atoms with Gasteiger partial charge in [-0.15, -0.1) is 0 Å². The lowest BCUT2D eigenvalue weighted by Crippen LogP contribution is -2.47. The fourth-order valence-corrected chi connectivity index (χ4v) is 5.23. The van der Waals surface area contributed by atoms with Crippen LogP contribution >= 0.6 is 0 Å². The number of piperazine rings is 2. The Morgan fingerprint density at radius 3 is 2.17 bits per heavy atom. The maximum atomic E-state index is 12.8. The smallest absolute Gasteiger partial charge is 0.244 e. The van der Waals surface area contributed by atoms with Crippen LogP contribution in [0.25, 0.3) is 0 Å². The fraction of sp³-hybridized carbons (Fsp3) is 0.476. The van der Waals surface area contributed by atoms with Crippen molar-refractivity contribution in [1.29, 1.82) is 0 Å². The van der Waals surface area contributed by atoms with Crippen LogP contribution < -0.4 is 4.90 Å². The number of aromatic nitrogens is 1. The molecular formula is C21H29N5O2S. The molecule has 0 radical (unpaired) electrons. The molecule has 2 aliphatic rings. The number of benzene rings is 1. The number of nitrogens with zero attached hydrogens (tertiary/aromatic N) is 5. The highest BCUT2D eigenvalue weighted by molar-refractivity contribution is 7.89. The number of hydrogen-bond acceptors (Lipinski definition) is 6. The first-order valence-electron chi connectivity index (χ1n) is 10.2. The van der Waals surface area contributed by atoms with Gasteiger partial charge in [-0.3, -0.25) is 4.90 Å². The number of pyridine rings is 1. The van der Waals surface area contributed by atoms with Crippen molar-refractivity contribution < 1.29 is 8.42 Å². The summed E-state index contributed by atoms with van der Waals surface area (Å²) in [4.78, 5) is 11.6. The van der Waals surface area contributed by atoms with Crippen LogP contribution in [0.2, 0.25) is 0 Å². The van der Waals surface area contributed by atoms with E-state index in [0.717, 1.165) is 51.6 Å². The van der Waals surface area contributed by atoms with Crippen molar-refractivity contribution >= 4 is 15.8 Å². The molecule has 1 aromatic carbocycles. The van der Waals surface area contributed by atoms with E-state index in [-0.39, 0.29) is 4.90 Å². The van der Waals surface area contributed by atoms with E-state index < -0.39 is 10.0 Å². The first kappa shape index (κ1) is 20.3. The number of anilines is 1. The third-order valence-corrected chi connectivity index (χ3v) is 7.65. The molecule has 2 saturated heterocycles. The number of hydrogen-bond donors (Lipinski definition) is 0. The highest BCUT2D eigenvalue weighted by Crippen LogP contribution is 2.20. The zero-order chi connectivity index (χ0) is 20.3. The van der Waals surface area contributed by atoms with Crippen LogP contribution in [0.1, 0.15) is 5.56 Å². The van der Waals surface area contributed by atoms with E-state index >= 15 is 0 Å². The highest BCUT2D eigenvalue weighted by atomic mass is 32.2. The van der Waals surface area contributed by atoms with E-state index in [1.54, 1.807) is 10.4 Å². The number of sulfonamides is 1. The van der Waals surface area contributed by atoms with Crippen LogP contribution in [-0.2, 0) is 16.6 Å². The van der Waals surface area contributed by atoms with E-state index in [9.17, 15) is 8.42 Å². The van der Waals surface area contributed by atoms with Crippen LogP contribution in [0, 0.1) is 0 Å². The first-order chi connectivity index (χ1) is 14.0. The van der Waals surface area contributed by atoms with Gasteiger partial charge in [-0.05, 0) is 24.7 Å². The van der Waals surface area contributed by atoms with E-state index in [1.807, 2.05) is 19.2 Å². The average Bonchev–Trinajstić information content (AvgIpc) is 2.75. The molecule has 8 heteroatoms. The predicted molar refractivity (Wildman–Crippen MR) is 114 cm³/mol. The molecule has 156 valence electrons. The zero-order valence-electron chi connectivity index (χ0n) is 16.9. The van der Waals surface area contributed by atoms with Gasteiger partial charge in [0.2, 0.25) is 10.0 Å². The van der Waals surface area contributed by atoms with Crippen molar-refractivity contribution in [3.05, 3.63) is 54.2 Å². The van der Waals surface area contributed by atoms with Crippen LogP contribution in [0.4, 0.5) is 5.82 Å². The molecule has 0 spiro atoms. The van der Waals surface area contributed by atoms with Gasteiger partial charge < -0.3 is 9.80 Å². The van der Waals surface area contributed by atoms with Gasteiger partial charge in [-0.2, -0.15) is 4.31 Å².